The minimum Gasteiger partial charge on any atom is -0.465 e. The van der Waals surface area contributed by atoms with Crippen LogP contribution in [0.15, 0.2) is 24.5 Å². The van der Waals surface area contributed by atoms with Crippen LogP contribution in [0.4, 0.5) is 4.79 Å². The van der Waals surface area contributed by atoms with Crippen molar-refractivity contribution >= 4 is 17.1 Å². The topological polar surface area (TPSA) is 69.2 Å². The predicted molar refractivity (Wildman–Crippen MR) is 67.6 cm³/mol. The lowest BCUT2D eigenvalue weighted by Crippen LogP contribution is -2.35. The molecule has 3 heterocycles. The number of rotatable bonds is 2. The molecule has 3 rings (SSSR count). The van der Waals surface area contributed by atoms with Crippen molar-refractivity contribution in [1.82, 2.24) is 14.9 Å². The zero-order valence-corrected chi connectivity index (χ0v) is 9.97. The number of nitrogens with one attached hydrogen (secondary N) is 1. The van der Waals surface area contributed by atoms with Crippen molar-refractivity contribution in [3.63, 3.8) is 0 Å². The summed E-state index contributed by atoms with van der Waals surface area (Å²) < 4.78 is 0. The quantitative estimate of drug-likeness (QED) is 0.852. The lowest BCUT2D eigenvalue weighted by molar-refractivity contribution is 0.140. The normalized spacial score (nSPS) is 19.6. The average Bonchev–Trinajstić information content (AvgIpc) is 2.97. The van der Waals surface area contributed by atoms with Crippen LogP contribution < -0.4 is 0 Å². The second-order valence-electron chi connectivity index (χ2n) is 4.69. The summed E-state index contributed by atoms with van der Waals surface area (Å²) in [6.45, 7) is 0.649. The van der Waals surface area contributed by atoms with Crippen molar-refractivity contribution in [1.29, 1.82) is 0 Å². The molecule has 0 saturated carbocycles. The number of hydrogen-bond acceptors (Lipinski definition) is 2. The smallest absolute Gasteiger partial charge is 0.407 e. The van der Waals surface area contributed by atoms with Gasteiger partial charge in [-0.15, -0.1) is 0 Å². The third kappa shape index (κ3) is 1.81. The number of carboxylic acid groups (broad SMARTS) is 1. The molecule has 1 saturated heterocycles. The van der Waals surface area contributed by atoms with Crippen molar-refractivity contribution in [3.8, 4) is 0 Å². The molecule has 0 spiro atoms. The Kier molecular flexibility index (Phi) is 2.66. The van der Waals surface area contributed by atoms with E-state index in [1.807, 2.05) is 18.3 Å². The van der Waals surface area contributed by atoms with Crippen LogP contribution in [-0.4, -0.2) is 38.7 Å². The van der Waals surface area contributed by atoms with Crippen molar-refractivity contribution < 1.29 is 9.90 Å². The van der Waals surface area contributed by atoms with Gasteiger partial charge < -0.3 is 15.0 Å². The molecule has 0 bridgehead atoms. The average molecular weight is 245 g/mol. The number of carbonyl (C=O) groups is 1. The first-order valence-corrected chi connectivity index (χ1v) is 6.16. The zero-order chi connectivity index (χ0) is 12.5. The van der Waals surface area contributed by atoms with Crippen LogP contribution in [0.5, 0.6) is 0 Å². The Balaban J connectivity index is 1.86. The summed E-state index contributed by atoms with van der Waals surface area (Å²) in [6, 6.07) is 3.96. The third-order valence-corrected chi connectivity index (χ3v) is 3.59. The van der Waals surface area contributed by atoms with Gasteiger partial charge in [0.05, 0.1) is 11.0 Å². The number of aromatic nitrogens is 2. The number of H-pyrrole nitrogens is 1. The molecule has 0 unspecified atom stereocenters. The molecule has 2 N–H and O–H groups in total. The summed E-state index contributed by atoms with van der Waals surface area (Å²) in [6.07, 6.45) is 5.52. The first kappa shape index (κ1) is 11.1. The van der Waals surface area contributed by atoms with Gasteiger partial charge in [-0.05, 0) is 37.0 Å². The van der Waals surface area contributed by atoms with Crippen LogP contribution >= 0.6 is 0 Å². The molecule has 2 aromatic heterocycles. The Labute approximate surface area is 104 Å². The molecule has 1 amide bonds. The molecule has 1 fully saturated rings. The summed E-state index contributed by atoms with van der Waals surface area (Å²) in [5, 5.41) is 9.13. The summed E-state index contributed by atoms with van der Waals surface area (Å²) in [5.41, 5.74) is 3.06. The van der Waals surface area contributed by atoms with E-state index in [0.29, 0.717) is 6.54 Å². The maximum absolute atomic E-state index is 11.1. The first-order valence-electron chi connectivity index (χ1n) is 6.16. The largest absolute Gasteiger partial charge is 0.465 e. The Hall–Kier alpha value is -2.04. The van der Waals surface area contributed by atoms with Crippen LogP contribution in [0.25, 0.3) is 11.0 Å². The number of fused-ring (bicyclic) bond motifs is 1. The summed E-state index contributed by atoms with van der Waals surface area (Å²) in [5.74, 6) is 0. The SMILES string of the molecule is O=C(O)N1CCC[C@H]1Cc1c[nH]c2cccnc12. The van der Waals surface area contributed by atoms with Gasteiger partial charge in [0, 0.05) is 25.0 Å². The molecule has 0 aliphatic carbocycles. The number of aromatic amines is 1. The molecule has 1 aliphatic rings. The summed E-state index contributed by atoms with van der Waals surface area (Å²) in [4.78, 5) is 20.2. The standard InChI is InChI=1S/C13H15N3O2/c17-13(18)16-6-2-3-10(16)7-9-8-15-11-4-1-5-14-12(9)11/h1,4-5,8,10,15H,2-3,6-7H2,(H,17,18)/t10-/m0/s1. The minimum absolute atomic E-state index is 0.0866. The highest BCUT2D eigenvalue weighted by molar-refractivity contribution is 5.78. The number of likely N-dealkylation sites (tertiary alicyclic amines) is 1. The van der Waals surface area contributed by atoms with Gasteiger partial charge in [0.15, 0.2) is 0 Å². The fourth-order valence-corrected chi connectivity index (χ4v) is 2.72. The van der Waals surface area contributed by atoms with E-state index >= 15 is 0 Å². The van der Waals surface area contributed by atoms with Gasteiger partial charge in [-0.25, -0.2) is 4.79 Å². The van der Waals surface area contributed by atoms with Crippen molar-refractivity contribution in [2.24, 2.45) is 0 Å². The lowest BCUT2D eigenvalue weighted by Gasteiger charge is -2.20. The van der Waals surface area contributed by atoms with Crippen molar-refractivity contribution in [3.05, 3.63) is 30.1 Å². The molecule has 0 radical (unpaired) electrons. The van der Waals surface area contributed by atoms with Crippen LogP contribution in [0.1, 0.15) is 18.4 Å². The number of hydrogen-bond donors (Lipinski definition) is 2. The van der Waals surface area contributed by atoms with E-state index < -0.39 is 6.09 Å². The maximum Gasteiger partial charge on any atom is 0.407 e. The van der Waals surface area contributed by atoms with E-state index in [4.69, 9.17) is 5.11 Å². The second kappa shape index (κ2) is 4.33. The van der Waals surface area contributed by atoms with Crippen LogP contribution in [0.3, 0.4) is 0 Å². The number of nitrogens with zero attached hydrogens (tertiary/aromatic N) is 2. The lowest BCUT2D eigenvalue weighted by atomic mass is 10.1. The molecule has 2 aromatic rings. The van der Waals surface area contributed by atoms with E-state index in [1.165, 1.54) is 0 Å². The molecule has 1 aliphatic heterocycles. The number of amides is 1. The van der Waals surface area contributed by atoms with E-state index in [0.717, 1.165) is 35.9 Å². The third-order valence-electron chi connectivity index (χ3n) is 3.59. The first-order chi connectivity index (χ1) is 8.75. The van der Waals surface area contributed by atoms with Gasteiger partial charge in [0.25, 0.3) is 0 Å². The van der Waals surface area contributed by atoms with Crippen LogP contribution in [-0.2, 0) is 6.42 Å². The van der Waals surface area contributed by atoms with Gasteiger partial charge in [-0.2, -0.15) is 0 Å². The van der Waals surface area contributed by atoms with Crippen LogP contribution in [0, 0.1) is 0 Å². The highest BCUT2D eigenvalue weighted by Gasteiger charge is 2.29. The molecule has 5 heteroatoms. The second-order valence-corrected chi connectivity index (χ2v) is 4.69. The number of pyridine rings is 1. The Morgan fingerprint density at radius 3 is 3.33 bits per heavy atom. The van der Waals surface area contributed by atoms with Crippen molar-refractivity contribution in [2.75, 3.05) is 6.54 Å². The van der Waals surface area contributed by atoms with E-state index in [9.17, 15) is 4.79 Å². The van der Waals surface area contributed by atoms with Crippen LogP contribution in [0.2, 0.25) is 0 Å². The Morgan fingerprint density at radius 2 is 2.50 bits per heavy atom. The van der Waals surface area contributed by atoms with Gasteiger partial charge in [0.1, 0.15) is 0 Å². The van der Waals surface area contributed by atoms with Gasteiger partial charge in [-0.1, -0.05) is 0 Å². The molecular formula is C13H15N3O2. The van der Waals surface area contributed by atoms with Crippen molar-refractivity contribution in [2.45, 2.75) is 25.3 Å². The molecule has 94 valence electrons. The summed E-state index contributed by atoms with van der Waals surface area (Å²) in [7, 11) is 0. The molecule has 0 aromatic carbocycles. The zero-order valence-electron chi connectivity index (χ0n) is 9.97. The fraction of sp³-hybridized carbons (Fsp3) is 0.385. The monoisotopic (exact) mass is 245 g/mol. The van der Waals surface area contributed by atoms with E-state index in [1.54, 1.807) is 11.1 Å². The Bertz CT molecular complexity index is 578. The molecule has 18 heavy (non-hydrogen) atoms. The van der Waals surface area contributed by atoms with Gasteiger partial charge in [0.2, 0.25) is 0 Å². The predicted octanol–water partition coefficient (Wildman–Crippen LogP) is 2.25. The Morgan fingerprint density at radius 1 is 1.61 bits per heavy atom. The highest BCUT2D eigenvalue weighted by atomic mass is 16.4. The maximum atomic E-state index is 11.1. The van der Waals surface area contributed by atoms with Gasteiger partial charge >= 0.3 is 6.09 Å². The highest BCUT2D eigenvalue weighted by Crippen LogP contribution is 2.24. The van der Waals surface area contributed by atoms with E-state index in [2.05, 4.69) is 9.97 Å². The molecule has 5 nitrogen and oxygen atoms in total. The van der Waals surface area contributed by atoms with E-state index in [-0.39, 0.29) is 6.04 Å². The summed E-state index contributed by atoms with van der Waals surface area (Å²) >= 11 is 0. The fourth-order valence-electron chi connectivity index (χ4n) is 2.72. The molecular weight excluding hydrogens is 230 g/mol. The van der Waals surface area contributed by atoms with Gasteiger partial charge in [-0.3, -0.25) is 4.98 Å². The minimum atomic E-state index is -0.815. The molecule has 1 atom stereocenters.